The quantitative estimate of drug-likeness (QED) is 0.919. The second kappa shape index (κ2) is 4.42. The van der Waals surface area contributed by atoms with E-state index in [1.165, 1.54) is 7.05 Å². The van der Waals surface area contributed by atoms with Crippen LogP contribution in [-0.4, -0.2) is 15.5 Å². The van der Waals surface area contributed by atoms with E-state index in [0.717, 1.165) is 10.0 Å². The van der Waals surface area contributed by atoms with Crippen LogP contribution in [0.2, 0.25) is 0 Å². The van der Waals surface area contributed by atoms with Gasteiger partial charge < -0.3 is 0 Å². The van der Waals surface area contributed by atoms with Gasteiger partial charge >= 0.3 is 0 Å². The molecule has 0 aliphatic carbocycles. The molecule has 0 aromatic heterocycles. The van der Waals surface area contributed by atoms with Gasteiger partial charge in [0.05, 0.1) is 5.25 Å². The Bertz CT molecular complexity index is 399. The van der Waals surface area contributed by atoms with E-state index in [9.17, 15) is 8.42 Å². The highest BCUT2D eigenvalue weighted by atomic mass is 79.9. The fraction of sp³-hybridized carbons (Fsp3) is 0.333. The molecule has 0 heterocycles. The predicted octanol–water partition coefficient (Wildman–Crippen LogP) is 2.06. The number of halogens is 1. The molecule has 0 aliphatic heterocycles. The third-order valence-corrected chi connectivity index (χ3v) is 4.39. The summed E-state index contributed by atoms with van der Waals surface area (Å²) in [5, 5.41) is -0.527. The Morgan fingerprint density at radius 3 is 2.21 bits per heavy atom. The molecule has 1 atom stereocenters. The molecule has 0 saturated carbocycles. The van der Waals surface area contributed by atoms with Crippen molar-refractivity contribution in [1.29, 1.82) is 0 Å². The summed E-state index contributed by atoms with van der Waals surface area (Å²) < 4.78 is 26.2. The summed E-state index contributed by atoms with van der Waals surface area (Å²) in [6, 6.07) is 7.25. The standard InChI is InChI=1S/C9H12BrNO2S/c1-7(14(12,13)11-2)8-3-5-9(10)6-4-8/h3-7,11H,1-2H3. The summed E-state index contributed by atoms with van der Waals surface area (Å²) in [6.45, 7) is 1.66. The molecular formula is C9H12BrNO2S. The monoisotopic (exact) mass is 277 g/mol. The molecule has 0 amide bonds. The second-order valence-electron chi connectivity index (χ2n) is 2.94. The smallest absolute Gasteiger partial charge is 0.218 e. The number of benzene rings is 1. The van der Waals surface area contributed by atoms with Crippen molar-refractivity contribution in [3.63, 3.8) is 0 Å². The molecule has 0 spiro atoms. The molecule has 0 saturated heterocycles. The minimum Gasteiger partial charge on any atom is -0.218 e. The van der Waals surface area contributed by atoms with E-state index in [4.69, 9.17) is 0 Å². The van der Waals surface area contributed by atoms with E-state index in [1.54, 1.807) is 19.1 Å². The van der Waals surface area contributed by atoms with Gasteiger partial charge in [0.25, 0.3) is 0 Å². The molecule has 0 aliphatic rings. The molecule has 3 nitrogen and oxygen atoms in total. The van der Waals surface area contributed by atoms with Gasteiger partial charge in [-0.05, 0) is 31.7 Å². The molecule has 1 N–H and O–H groups in total. The van der Waals surface area contributed by atoms with Crippen LogP contribution >= 0.6 is 15.9 Å². The van der Waals surface area contributed by atoms with Gasteiger partial charge in [0.1, 0.15) is 0 Å². The summed E-state index contributed by atoms with van der Waals surface area (Å²) in [5.41, 5.74) is 0.780. The lowest BCUT2D eigenvalue weighted by molar-refractivity contribution is 0.578. The Hall–Kier alpha value is -0.390. The average Bonchev–Trinajstić information content (AvgIpc) is 2.18. The van der Waals surface area contributed by atoms with E-state index < -0.39 is 15.3 Å². The van der Waals surface area contributed by atoms with Crippen LogP contribution in [0.1, 0.15) is 17.7 Å². The van der Waals surface area contributed by atoms with Gasteiger partial charge in [-0.1, -0.05) is 28.1 Å². The van der Waals surface area contributed by atoms with E-state index >= 15 is 0 Å². The molecule has 5 heteroatoms. The maximum absolute atomic E-state index is 11.5. The van der Waals surface area contributed by atoms with Crippen LogP contribution in [0.25, 0.3) is 0 Å². The van der Waals surface area contributed by atoms with Gasteiger partial charge in [-0.15, -0.1) is 0 Å². The minimum atomic E-state index is -3.23. The van der Waals surface area contributed by atoms with Crippen LogP contribution < -0.4 is 4.72 Å². The highest BCUT2D eigenvalue weighted by Gasteiger charge is 2.19. The average molecular weight is 278 g/mol. The lowest BCUT2D eigenvalue weighted by Gasteiger charge is -2.11. The van der Waals surface area contributed by atoms with E-state index in [-0.39, 0.29) is 0 Å². The maximum Gasteiger partial charge on any atom is 0.218 e. The lowest BCUT2D eigenvalue weighted by Crippen LogP contribution is -2.23. The summed E-state index contributed by atoms with van der Waals surface area (Å²) in [5.74, 6) is 0. The van der Waals surface area contributed by atoms with Gasteiger partial charge in [0, 0.05) is 4.47 Å². The van der Waals surface area contributed by atoms with Gasteiger partial charge in [0.2, 0.25) is 10.0 Å². The summed E-state index contributed by atoms with van der Waals surface area (Å²) >= 11 is 3.30. The largest absolute Gasteiger partial charge is 0.218 e. The van der Waals surface area contributed by atoms with Crippen molar-refractivity contribution in [2.45, 2.75) is 12.2 Å². The zero-order valence-corrected chi connectivity index (χ0v) is 10.4. The normalized spacial score (nSPS) is 13.9. The van der Waals surface area contributed by atoms with Gasteiger partial charge in [-0.3, -0.25) is 0 Å². The van der Waals surface area contributed by atoms with Crippen LogP contribution in [0.15, 0.2) is 28.7 Å². The minimum absolute atomic E-state index is 0.527. The molecule has 0 radical (unpaired) electrons. The number of hydrogen-bond acceptors (Lipinski definition) is 2. The zero-order chi connectivity index (χ0) is 10.8. The van der Waals surface area contributed by atoms with Crippen LogP contribution in [-0.2, 0) is 10.0 Å². The van der Waals surface area contributed by atoms with Gasteiger partial charge in [0.15, 0.2) is 0 Å². The first-order valence-corrected chi connectivity index (χ1v) is 6.49. The highest BCUT2D eigenvalue weighted by molar-refractivity contribution is 9.10. The Kier molecular flexibility index (Phi) is 3.69. The first kappa shape index (κ1) is 11.7. The van der Waals surface area contributed by atoms with Crippen molar-refractivity contribution in [2.24, 2.45) is 0 Å². The van der Waals surface area contributed by atoms with E-state index in [2.05, 4.69) is 20.7 Å². The molecule has 1 aromatic carbocycles. The Morgan fingerprint density at radius 2 is 1.79 bits per heavy atom. The third kappa shape index (κ3) is 2.56. The first-order chi connectivity index (χ1) is 6.47. The fourth-order valence-corrected chi connectivity index (χ4v) is 2.22. The Morgan fingerprint density at radius 1 is 1.29 bits per heavy atom. The Balaban J connectivity index is 3.01. The van der Waals surface area contributed by atoms with Gasteiger partial charge in [-0.25, -0.2) is 13.1 Å². The number of hydrogen-bond donors (Lipinski definition) is 1. The maximum atomic E-state index is 11.5. The van der Waals surface area contributed by atoms with Gasteiger partial charge in [-0.2, -0.15) is 0 Å². The van der Waals surface area contributed by atoms with Crippen molar-refractivity contribution in [1.82, 2.24) is 4.72 Å². The SMILES string of the molecule is CNS(=O)(=O)C(C)c1ccc(Br)cc1. The lowest BCUT2D eigenvalue weighted by atomic mass is 10.2. The summed E-state index contributed by atoms with van der Waals surface area (Å²) in [6.07, 6.45) is 0. The van der Waals surface area contributed by atoms with Crippen LogP contribution in [0.5, 0.6) is 0 Å². The Labute approximate surface area is 92.7 Å². The van der Waals surface area contributed by atoms with Crippen molar-refractivity contribution >= 4 is 26.0 Å². The van der Waals surface area contributed by atoms with Crippen molar-refractivity contribution < 1.29 is 8.42 Å². The molecule has 78 valence electrons. The van der Waals surface area contributed by atoms with Crippen molar-refractivity contribution in [3.8, 4) is 0 Å². The number of nitrogens with one attached hydrogen (secondary N) is 1. The van der Waals surface area contributed by atoms with E-state index in [1.807, 2.05) is 12.1 Å². The van der Waals surface area contributed by atoms with Crippen LogP contribution in [0, 0.1) is 0 Å². The van der Waals surface area contributed by atoms with Crippen molar-refractivity contribution in [2.75, 3.05) is 7.05 Å². The fourth-order valence-electron chi connectivity index (χ4n) is 1.09. The number of rotatable bonds is 3. The zero-order valence-electron chi connectivity index (χ0n) is 7.99. The topological polar surface area (TPSA) is 46.2 Å². The molecule has 0 bridgehead atoms. The van der Waals surface area contributed by atoms with Crippen LogP contribution in [0.3, 0.4) is 0 Å². The van der Waals surface area contributed by atoms with Crippen LogP contribution in [0.4, 0.5) is 0 Å². The molecule has 1 rings (SSSR count). The molecule has 14 heavy (non-hydrogen) atoms. The molecule has 1 unspecified atom stereocenters. The van der Waals surface area contributed by atoms with E-state index in [0.29, 0.717) is 0 Å². The molecule has 1 aromatic rings. The summed E-state index contributed by atoms with van der Waals surface area (Å²) in [4.78, 5) is 0. The third-order valence-electron chi connectivity index (χ3n) is 2.09. The summed E-state index contributed by atoms with van der Waals surface area (Å²) in [7, 11) is -1.81. The second-order valence-corrected chi connectivity index (χ2v) is 6.06. The molecule has 0 fully saturated rings. The molecular weight excluding hydrogens is 266 g/mol. The van der Waals surface area contributed by atoms with Crippen molar-refractivity contribution in [3.05, 3.63) is 34.3 Å². The highest BCUT2D eigenvalue weighted by Crippen LogP contribution is 2.22. The predicted molar refractivity (Wildman–Crippen MR) is 60.5 cm³/mol. The first-order valence-electron chi connectivity index (χ1n) is 4.15. The number of sulfonamides is 1.